The Morgan fingerprint density at radius 3 is 2.85 bits per heavy atom. The van der Waals surface area contributed by atoms with Gasteiger partial charge < -0.3 is 4.90 Å². The lowest BCUT2D eigenvalue weighted by Crippen LogP contribution is -2.38. The molecular formula is C9H16N2OS. The van der Waals surface area contributed by atoms with E-state index < -0.39 is 0 Å². The normalized spacial score (nSPS) is 26.9. The SMILES string of the molecule is CSCC(C)N1CNC2(CC2)C1=O. The molecule has 1 spiro atoms. The van der Waals surface area contributed by atoms with Crippen LogP contribution in [0.4, 0.5) is 0 Å². The van der Waals surface area contributed by atoms with Gasteiger partial charge in [-0.2, -0.15) is 11.8 Å². The quantitative estimate of drug-likeness (QED) is 0.726. The van der Waals surface area contributed by atoms with Crippen molar-refractivity contribution in [2.24, 2.45) is 0 Å². The molecule has 1 aliphatic heterocycles. The summed E-state index contributed by atoms with van der Waals surface area (Å²) in [6.45, 7) is 2.87. The molecule has 1 saturated heterocycles. The zero-order chi connectivity index (χ0) is 9.47. The molecule has 1 heterocycles. The molecular weight excluding hydrogens is 184 g/mol. The van der Waals surface area contributed by atoms with Gasteiger partial charge in [-0.3, -0.25) is 10.1 Å². The van der Waals surface area contributed by atoms with E-state index in [1.807, 2.05) is 4.90 Å². The summed E-state index contributed by atoms with van der Waals surface area (Å²) in [7, 11) is 0. The minimum atomic E-state index is -0.118. The van der Waals surface area contributed by atoms with Crippen molar-refractivity contribution in [3.05, 3.63) is 0 Å². The second-order valence-corrected chi connectivity index (χ2v) is 4.91. The van der Waals surface area contributed by atoms with Gasteiger partial charge in [-0.25, -0.2) is 0 Å². The zero-order valence-corrected chi connectivity index (χ0v) is 8.99. The van der Waals surface area contributed by atoms with Crippen LogP contribution < -0.4 is 5.32 Å². The van der Waals surface area contributed by atoms with E-state index in [0.717, 1.165) is 25.3 Å². The fourth-order valence-electron chi connectivity index (χ4n) is 1.86. The average molecular weight is 200 g/mol. The van der Waals surface area contributed by atoms with Crippen molar-refractivity contribution in [1.82, 2.24) is 10.2 Å². The van der Waals surface area contributed by atoms with Crippen molar-refractivity contribution in [2.45, 2.75) is 31.3 Å². The van der Waals surface area contributed by atoms with Gasteiger partial charge >= 0.3 is 0 Å². The van der Waals surface area contributed by atoms with Gasteiger partial charge in [0.2, 0.25) is 5.91 Å². The third-order valence-corrected chi connectivity index (χ3v) is 3.76. The van der Waals surface area contributed by atoms with Gasteiger partial charge in [0, 0.05) is 11.8 Å². The molecule has 2 rings (SSSR count). The van der Waals surface area contributed by atoms with Crippen molar-refractivity contribution in [2.75, 3.05) is 18.7 Å². The predicted octanol–water partition coefficient (Wildman–Crippen LogP) is 0.660. The van der Waals surface area contributed by atoms with Gasteiger partial charge in [0.15, 0.2) is 0 Å². The van der Waals surface area contributed by atoms with Gasteiger partial charge in [0.1, 0.15) is 0 Å². The maximum atomic E-state index is 11.9. The number of thioether (sulfide) groups is 1. The van der Waals surface area contributed by atoms with Crippen molar-refractivity contribution < 1.29 is 4.79 Å². The van der Waals surface area contributed by atoms with Gasteiger partial charge in [-0.15, -0.1) is 0 Å². The highest BCUT2D eigenvalue weighted by Gasteiger charge is 2.56. The Morgan fingerprint density at radius 1 is 1.69 bits per heavy atom. The van der Waals surface area contributed by atoms with Crippen LogP contribution >= 0.6 is 11.8 Å². The van der Waals surface area contributed by atoms with E-state index in [0.29, 0.717) is 11.9 Å². The molecule has 13 heavy (non-hydrogen) atoms. The monoisotopic (exact) mass is 200 g/mol. The van der Waals surface area contributed by atoms with Crippen LogP contribution in [0.1, 0.15) is 19.8 Å². The molecule has 1 unspecified atom stereocenters. The topological polar surface area (TPSA) is 32.3 Å². The van der Waals surface area contributed by atoms with E-state index in [9.17, 15) is 4.79 Å². The first kappa shape index (κ1) is 9.34. The fraction of sp³-hybridized carbons (Fsp3) is 0.889. The van der Waals surface area contributed by atoms with E-state index in [-0.39, 0.29) is 5.54 Å². The molecule has 0 aromatic heterocycles. The lowest BCUT2D eigenvalue weighted by Gasteiger charge is -2.22. The molecule has 3 nitrogen and oxygen atoms in total. The first-order valence-electron chi connectivity index (χ1n) is 4.75. The van der Waals surface area contributed by atoms with Crippen LogP contribution in [0.5, 0.6) is 0 Å². The van der Waals surface area contributed by atoms with Crippen molar-refractivity contribution in [3.63, 3.8) is 0 Å². The van der Waals surface area contributed by atoms with Gasteiger partial charge in [-0.1, -0.05) is 0 Å². The van der Waals surface area contributed by atoms with Gasteiger partial charge in [-0.05, 0) is 26.0 Å². The molecule has 1 N–H and O–H groups in total. The van der Waals surface area contributed by atoms with E-state index in [2.05, 4.69) is 18.5 Å². The Bertz CT molecular complexity index is 228. The Morgan fingerprint density at radius 2 is 2.38 bits per heavy atom. The second kappa shape index (κ2) is 3.17. The molecule has 1 aliphatic carbocycles. The van der Waals surface area contributed by atoms with Crippen LogP contribution in [0.25, 0.3) is 0 Å². The summed E-state index contributed by atoms with van der Waals surface area (Å²) in [5.41, 5.74) is -0.118. The summed E-state index contributed by atoms with van der Waals surface area (Å²) in [6.07, 6.45) is 4.15. The molecule has 2 aliphatic rings. The van der Waals surface area contributed by atoms with Crippen LogP contribution in [0.2, 0.25) is 0 Å². The molecule has 1 saturated carbocycles. The maximum absolute atomic E-state index is 11.9. The minimum Gasteiger partial charge on any atom is -0.325 e. The minimum absolute atomic E-state index is 0.118. The Balaban J connectivity index is 1.98. The van der Waals surface area contributed by atoms with Crippen LogP contribution in [0.3, 0.4) is 0 Å². The first-order valence-corrected chi connectivity index (χ1v) is 6.14. The summed E-state index contributed by atoms with van der Waals surface area (Å²) >= 11 is 1.80. The van der Waals surface area contributed by atoms with Crippen LogP contribution in [0, 0.1) is 0 Å². The van der Waals surface area contributed by atoms with Crippen LogP contribution in [-0.2, 0) is 4.79 Å². The maximum Gasteiger partial charge on any atom is 0.244 e. The molecule has 0 aromatic carbocycles. The predicted molar refractivity (Wildman–Crippen MR) is 54.7 cm³/mol. The lowest BCUT2D eigenvalue weighted by atomic mass is 10.2. The van der Waals surface area contributed by atoms with Crippen LogP contribution in [-0.4, -0.2) is 41.1 Å². The standard InChI is InChI=1S/C9H16N2OS/c1-7(5-13-2)11-6-10-9(3-4-9)8(11)12/h7,10H,3-6H2,1-2H3. The first-order chi connectivity index (χ1) is 6.19. The Hall–Kier alpha value is -0.220. The van der Waals surface area contributed by atoms with E-state index in [4.69, 9.17) is 0 Å². The third kappa shape index (κ3) is 1.46. The van der Waals surface area contributed by atoms with Crippen LogP contribution in [0.15, 0.2) is 0 Å². The van der Waals surface area contributed by atoms with Crippen molar-refractivity contribution in [1.29, 1.82) is 0 Å². The molecule has 74 valence electrons. The summed E-state index contributed by atoms with van der Waals surface area (Å²) in [5.74, 6) is 1.36. The van der Waals surface area contributed by atoms with E-state index >= 15 is 0 Å². The molecule has 2 fully saturated rings. The molecule has 0 radical (unpaired) electrons. The summed E-state index contributed by atoms with van der Waals surface area (Å²) in [4.78, 5) is 13.8. The highest BCUT2D eigenvalue weighted by Crippen LogP contribution is 2.40. The molecule has 1 amide bonds. The third-order valence-electron chi connectivity index (χ3n) is 2.95. The zero-order valence-electron chi connectivity index (χ0n) is 8.17. The molecule has 0 aromatic rings. The van der Waals surface area contributed by atoms with Gasteiger partial charge in [0.05, 0.1) is 12.2 Å². The number of rotatable bonds is 3. The van der Waals surface area contributed by atoms with Crippen molar-refractivity contribution in [3.8, 4) is 0 Å². The highest BCUT2D eigenvalue weighted by molar-refractivity contribution is 7.98. The number of carbonyl (C=O) groups is 1. The summed E-state index contributed by atoms with van der Waals surface area (Å²) in [6, 6.07) is 0.370. The summed E-state index contributed by atoms with van der Waals surface area (Å²) < 4.78 is 0. The second-order valence-electron chi connectivity index (χ2n) is 4.00. The number of nitrogens with one attached hydrogen (secondary N) is 1. The Kier molecular flexibility index (Phi) is 2.28. The Labute approximate surface area is 83.2 Å². The van der Waals surface area contributed by atoms with Gasteiger partial charge in [0.25, 0.3) is 0 Å². The average Bonchev–Trinajstić information content (AvgIpc) is 2.78. The lowest BCUT2D eigenvalue weighted by molar-refractivity contribution is -0.130. The molecule has 0 bridgehead atoms. The number of amides is 1. The molecule has 4 heteroatoms. The number of carbonyl (C=O) groups excluding carboxylic acids is 1. The van der Waals surface area contributed by atoms with E-state index in [1.165, 1.54) is 0 Å². The highest BCUT2D eigenvalue weighted by atomic mass is 32.2. The fourth-order valence-corrected chi connectivity index (χ4v) is 2.52. The number of nitrogens with zero attached hydrogens (tertiary/aromatic N) is 1. The number of hydrogen-bond acceptors (Lipinski definition) is 3. The summed E-state index contributed by atoms with van der Waals surface area (Å²) in [5, 5.41) is 3.31. The van der Waals surface area contributed by atoms with Crippen molar-refractivity contribution >= 4 is 17.7 Å². The van der Waals surface area contributed by atoms with E-state index in [1.54, 1.807) is 11.8 Å². The largest absolute Gasteiger partial charge is 0.325 e. The smallest absolute Gasteiger partial charge is 0.244 e. The molecule has 1 atom stereocenters. The number of hydrogen-bond donors (Lipinski definition) is 1.